The Bertz CT molecular complexity index is 700. The summed E-state index contributed by atoms with van der Waals surface area (Å²) in [6.45, 7) is 2.34. The third-order valence-electron chi connectivity index (χ3n) is 2.95. The van der Waals surface area contributed by atoms with E-state index in [1.807, 2.05) is 6.92 Å². The quantitative estimate of drug-likeness (QED) is 0.636. The van der Waals surface area contributed by atoms with E-state index >= 15 is 0 Å². The van der Waals surface area contributed by atoms with Crippen LogP contribution in [0.4, 0.5) is 30.2 Å². The van der Waals surface area contributed by atoms with Gasteiger partial charge in [-0.3, -0.25) is 10.1 Å². The van der Waals surface area contributed by atoms with Crippen LogP contribution in [0, 0.1) is 10.1 Å². The first kappa shape index (κ1) is 16.6. The normalized spacial score (nSPS) is 11.1. The highest BCUT2D eigenvalue weighted by Gasteiger charge is 2.38. The average Bonchev–Trinajstić information content (AvgIpc) is 2.48. The van der Waals surface area contributed by atoms with Crippen LogP contribution in [0.2, 0.25) is 0 Å². The van der Waals surface area contributed by atoms with Crippen molar-refractivity contribution in [3.63, 3.8) is 0 Å². The van der Waals surface area contributed by atoms with Gasteiger partial charge in [0, 0.05) is 17.4 Å². The molecule has 0 unspecified atom stereocenters. The number of benzene rings is 2. The second-order valence-corrected chi connectivity index (χ2v) is 4.57. The number of rotatable bonds is 5. The van der Waals surface area contributed by atoms with Crippen LogP contribution < -0.4 is 10.1 Å². The molecule has 0 heterocycles. The van der Waals surface area contributed by atoms with Crippen molar-refractivity contribution in [2.45, 2.75) is 13.1 Å². The third-order valence-corrected chi connectivity index (χ3v) is 2.95. The Labute approximate surface area is 129 Å². The summed E-state index contributed by atoms with van der Waals surface area (Å²) in [6, 6.07) is 9.39. The molecule has 122 valence electrons. The molecule has 0 atom stereocenters. The van der Waals surface area contributed by atoms with E-state index < -0.39 is 22.4 Å². The molecule has 0 radical (unpaired) electrons. The van der Waals surface area contributed by atoms with Crippen molar-refractivity contribution < 1.29 is 22.8 Å². The number of halogens is 3. The standard InChI is InChI=1S/C15H13F3N2O3/c1-2-23-12-6-3-10(4-7-12)19-11-5-8-14(20(21)22)13(9-11)15(16,17)18/h3-9,19H,2H2,1H3. The van der Waals surface area contributed by atoms with Crippen molar-refractivity contribution in [1.29, 1.82) is 0 Å². The minimum absolute atomic E-state index is 0.104. The summed E-state index contributed by atoms with van der Waals surface area (Å²) in [5.41, 5.74) is -1.63. The molecule has 2 aromatic carbocycles. The van der Waals surface area contributed by atoms with E-state index in [1.54, 1.807) is 24.3 Å². The molecule has 1 N–H and O–H groups in total. The van der Waals surface area contributed by atoms with Crippen LogP contribution in [0.1, 0.15) is 12.5 Å². The molecule has 0 aliphatic rings. The molecule has 0 aliphatic carbocycles. The summed E-state index contributed by atoms with van der Waals surface area (Å²) >= 11 is 0. The maximum absolute atomic E-state index is 12.9. The lowest BCUT2D eigenvalue weighted by atomic mass is 10.1. The molecule has 0 aromatic heterocycles. The van der Waals surface area contributed by atoms with Gasteiger partial charge in [-0.1, -0.05) is 0 Å². The summed E-state index contributed by atoms with van der Waals surface area (Å²) in [5, 5.41) is 13.5. The molecule has 0 aliphatic heterocycles. The van der Waals surface area contributed by atoms with Crippen molar-refractivity contribution in [1.82, 2.24) is 0 Å². The summed E-state index contributed by atoms with van der Waals surface area (Å²) in [6.07, 6.45) is -4.81. The van der Waals surface area contributed by atoms with Gasteiger partial charge in [0.05, 0.1) is 11.5 Å². The zero-order chi connectivity index (χ0) is 17.0. The first-order chi connectivity index (χ1) is 10.8. The predicted molar refractivity (Wildman–Crippen MR) is 79.0 cm³/mol. The lowest BCUT2D eigenvalue weighted by Crippen LogP contribution is -2.09. The SMILES string of the molecule is CCOc1ccc(Nc2ccc([N+](=O)[O-])c(C(F)(F)F)c2)cc1. The van der Waals surface area contributed by atoms with Gasteiger partial charge < -0.3 is 10.1 Å². The van der Waals surface area contributed by atoms with E-state index in [0.717, 1.165) is 6.07 Å². The van der Waals surface area contributed by atoms with E-state index in [1.165, 1.54) is 6.07 Å². The van der Waals surface area contributed by atoms with E-state index in [4.69, 9.17) is 4.74 Å². The van der Waals surface area contributed by atoms with Crippen LogP contribution in [0.25, 0.3) is 0 Å². The van der Waals surface area contributed by atoms with Crippen LogP contribution >= 0.6 is 0 Å². The Morgan fingerprint density at radius 2 is 1.74 bits per heavy atom. The molecule has 8 heteroatoms. The molecule has 2 aromatic rings. The third kappa shape index (κ3) is 4.12. The number of nitrogens with one attached hydrogen (secondary N) is 1. The number of alkyl halides is 3. The molecule has 0 spiro atoms. The van der Waals surface area contributed by atoms with Crippen molar-refractivity contribution in [2.75, 3.05) is 11.9 Å². The van der Waals surface area contributed by atoms with Gasteiger partial charge in [-0.2, -0.15) is 13.2 Å². The highest BCUT2D eigenvalue weighted by molar-refractivity contribution is 5.64. The number of anilines is 2. The molecule has 0 bridgehead atoms. The van der Waals surface area contributed by atoms with E-state index in [0.29, 0.717) is 24.1 Å². The van der Waals surface area contributed by atoms with Gasteiger partial charge >= 0.3 is 6.18 Å². The molecule has 2 rings (SSSR count). The zero-order valence-corrected chi connectivity index (χ0v) is 12.1. The number of nitro benzene ring substituents is 1. The first-order valence-electron chi connectivity index (χ1n) is 6.67. The van der Waals surface area contributed by atoms with Gasteiger partial charge in [-0.25, -0.2) is 0 Å². The summed E-state index contributed by atoms with van der Waals surface area (Å²) < 4.78 is 44.0. The second kappa shape index (κ2) is 6.55. The summed E-state index contributed by atoms with van der Waals surface area (Å²) in [4.78, 5) is 9.66. The molecular formula is C15H13F3N2O3. The number of nitro groups is 1. The fraction of sp³-hybridized carbons (Fsp3) is 0.200. The van der Waals surface area contributed by atoms with Gasteiger partial charge in [0.1, 0.15) is 11.3 Å². The van der Waals surface area contributed by atoms with E-state index in [9.17, 15) is 23.3 Å². The maximum atomic E-state index is 12.9. The highest BCUT2D eigenvalue weighted by atomic mass is 19.4. The van der Waals surface area contributed by atoms with Crippen LogP contribution in [-0.4, -0.2) is 11.5 Å². The molecular weight excluding hydrogens is 313 g/mol. The van der Waals surface area contributed by atoms with Gasteiger partial charge in [-0.15, -0.1) is 0 Å². The van der Waals surface area contributed by atoms with Gasteiger partial charge in [0.2, 0.25) is 0 Å². The van der Waals surface area contributed by atoms with Crippen LogP contribution in [0.15, 0.2) is 42.5 Å². The summed E-state index contributed by atoms with van der Waals surface area (Å²) in [7, 11) is 0. The van der Waals surface area contributed by atoms with Crippen LogP contribution in [-0.2, 0) is 6.18 Å². The number of nitrogens with zero attached hydrogens (tertiary/aromatic N) is 1. The molecule has 0 saturated carbocycles. The summed E-state index contributed by atoms with van der Waals surface area (Å²) in [5.74, 6) is 0.637. The van der Waals surface area contributed by atoms with Gasteiger partial charge in [0.15, 0.2) is 0 Å². The van der Waals surface area contributed by atoms with Crippen LogP contribution in [0.5, 0.6) is 5.75 Å². The molecule has 5 nitrogen and oxygen atoms in total. The number of hydrogen-bond acceptors (Lipinski definition) is 4. The Morgan fingerprint density at radius 1 is 1.13 bits per heavy atom. The first-order valence-corrected chi connectivity index (χ1v) is 6.67. The Morgan fingerprint density at radius 3 is 2.26 bits per heavy atom. The number of ether oxygens (including phenoxy) is 1. The highest BCUT2D eigenvalue weighted by Crippen LogP contribution is 2.38. The Kier molecular flexibility index (Phi) is 4.73. The molecule has 0 saturated heterocycles. The van der Waals surface area contributed by atoms with Crippen molar-refractivity contribution in [2.24, 2.45) is 0 Å². The minimum atomic E-state index is -4.81. The largest absolute Gasteiger partial charge is 0.494 e. The molecule has 0 amide bonds. The maximum Gasteiger partial charge on any atom is 0.423 e. The molecule has 0 fully saturated rings. The van der Waals surface area contributed by atoms with Crippen LogP contribution in [0.3, 0.4) is 0 Å². The smallest absolute Gasteiger partial charge is 0.423 e. The fourth-order valence-corrected chi connectivity index (χ4v) is 1.97. The monoisotopic (exact) mass is 326 g/mol. The fourth-order valence-electron chi connectivity index (χ4n) is 1.97. The number of hydrogen-bond donors (Lipinski definition) is 1. The molecule has 23 heavy (non-hydrogen) atoms. The topological polar surface area (TPSA) is 64.4 Å². The van der Waals surface area contributed by atoms with Crippen molar-refractivity contribution >= 4 is 17.1 Å². The van der Waals surface area contributed by atoms with Gasteiger partial charge in [-0.05, 0) is 43.3 Å². The minimum Gasteiger partial charge on any atom is -0.494 e. The second-order valence-electron chi connectivity index (χ2n) is 4.57. The van der Waals surface area contributed by atoms with E-state index in [-0.39, 0.29) is 5.69 Å². The van der Waals surface area contributed by atoms with Crippen molar-refractivity contribution in [3.8, 4) is 5.75 Å². The lowest BCUT2D eigenvalue weighted by molar-refractivity contribution is -0.388. The lowest BCUT2D eigenvalue weighted by Gasteiger charge is -2.12. The Hall–Kier alpha value is -2.77. The van der Waals surface area contributed by atoms with Gasteiger partial charge in [0.25, 0.3) is 5.69 Å². The predicted octanol–water partition coefficient (Wildman–Crippen LogP) is 4.76. The Balaban J connectivity index is 2.28. The zero-order valence-electron chi connectivity index (χ0n) is 12.1. The van der Waals surface area contributed by atoms with E-state index in [2.05, 4.69) is 5.32 Å². The average molecular weight is 326 g/mol. The van der Waals surface area contributed by atoms with Crippen molar-refractivity contribution in [3.05, 3.63) is 58.1 Å².